The first-order valence-electron chi connectivity index (χ1n) is 4.85. The van der Waals surface area contributed by atoms with E-state index in [9.17, 15) is 4.39 Å². The largest absolute Gasteiger partial charge is 0.308 e. The number of pyridine rings is 1. The van der Waals surface area contributed by atoms with Crippen molar-refractivity contribution in [1.29, 1.82) is 0 Å². The number of hydrogen-bond donors (Lipinski definition) is 1. The Labute approximate surface area is 92.6 Å². The lowest BCUT2D eigenvalue weighted by Crippen LogP contribution is -2.20. The topological polar surface area (TPSA) is 50.7 Å². The van der Waals surface area contributed by atoms with Gasteiger partial charge in [0.05, 0.1) is 17.9 Å². The molecule has 2 rings (SSSR count). The SMILES string of the molecule is CNC(c1ccncn1)c1ccncc1F. The van der Waals surface area contributed by atoms with Crippen LogP contribution in [-0.2, 0) is 0 Å². The fourth-order valence-corrected chi connectivity index (χ4v) is 1.55. The second kappa shape index (κ2) is 4.76. The summed E-state index contributed by atoms with van der Waals surface area (Å²) in [5.41, 5.74) is 1.25. The Morgan fingerprint density at radius 2 is 2.06 bits per heavy atom. The molecular weight excluding hydrogens is 207 g/mol. The van der Waals surface area contributed by atoms with Gasteiger partial charge in [-0.05, 0) is 19.2 Å². The summed E-state index contributed by atoms with van der Waals surface area (Å²) < 4.78 is 13.6. The van der Waals surface area contributed by atoms with Gasteiger partial charge in [0.2, 0.25) is 0 Å². The highest BCUT2D eigenvalue weighted by molar-refractivity contribution is 5.26. The molecule has 2 aromatic rings. The zero-order chi connectivity index (χ0) is 11.4. The van der Waals surface area contributed by atoms with Gasteiger partial charge in [-0.25, -0.2) is 14.4 Å². The summed E-state index contributed by atoms with van der Waals surface area (Å²) in [6.07, 6.45) is 5.83. The molecule has 0 radical (unpaired) electrons. The number of rotatable bonds is 3. The molecule has 0 aliphatic carbocycles. The van der Waals surface area contributed by atoms with E-state index in [1.807, 2.05) is 0 Å². The predicted molar refractivity (Wildman–Crippen MR) is 57.1 cm³/mol. The van der Waals surface area contributed by atoms with Crippen LogP contribution in [0.5, 0.6) is 0 Å². The fraction of sp³-hybridized carbons (Fsp3) is 0.182. The second-order valence-electron chi connectivity index (χ2n) is 3.25. The first kappa shape index (κ1) is 10.6. The van der Waals surface area contributed by atoms with E-state index < -0.39 is 0 Å². The molecule has 0 saturated heterocycles. The Morgan fingerprint density at radius 3 is 2.69 bits per heavy atom. The van der Waals surface area contributed by atoms with Crippen LogP contribution >= 0.6 is 0 Å². The Hall–Kier alpha value is -1.88. The molecule has 1 N–H and O–H groups in total. The van der Waals surface area contributed by atoms with Crippen molar-refractivity contribution in [2.45, 2.75) is 6.04 Å². The summed E-state index contributed by atoms with van der Waals surface area (Å²) in [5, 5.41) is 3.02. The average molecular weight is 218 g/mol. The molecule has 0 saturated carbocycles. The third-order valence-corrected chi connectivity index (χ3v) is 2.30. The zero-order valence-electron chi connectivity index (χ0n) is 8.76. The molecule has 0 spiro atoms. The molecule has 2 aromatic heterocycles. The normalized spacial score (nSPS) is 12.4. The van der Waals surface area contributed by atoms with Crippen LogP contribution in [0.25, 0.3) is 0 Å². The van der Waals surface area contributed by atoms with E-state index in [1.165, 1.54) is 12.5 Å². The molecule has 16 heavy (non-hydrogen) atoms. The molecule has 5 heteroatoms. The highest BCUT2D eigenvalue weighted by atomic mass is 19.1. The van der Waals surface area contributed by atoms with Crippen LogP contribution in [0.1, 0.15) is 17.3 Å². The standard InChI is InChI=1S/C11H11FN4/c1-13-11(10-3-5-15-7-16-10)8-2-4-14-6-9(8)12/h2-7,11,13H,1H3. The summed E-state index contributed by atoms with van der Waals surface area (Å²) in [6.45, 7) is 0. The summed E-state index contributed by atoms with van der Waals surface area (Å²) in [5.74, 6) is -0.347. The minimum atomic E-state index is -0.347. The smallest absolute Gasteiger partial charge is 0.146 e. The van der Waals surface area contributed by atoms with Crippen LogP contribution in [0, 0.1) is 5.82 Å². The van der Waals surface area contributed by atoms with Crippen molar-refractivity contribution in [3.8, 4) is 0 Å². The van der Waals surface area contributed by atoms with Gasteiger partial charge in [-0.2, -0.15) is 0 Å². The van der Waals surface area contributed by atoms with Crippen molar-refractivity contribution in [2.24, 2.45) is 0 Å². The maximum Gasteiger partial charge on any atom is 0.146 e. The van der Waals surface area contributed by atoms with Gasteiger partial charge in [-0.1, -0.05) is 0 Å². The molecule has 0 aromatic carbocycles. The van der Waals surface area contributed by atoms with Crippen molar-refractivity contribution < 1.29 is 4.39 Å². The molecule has 0 fully saturated rings. The van der Waals surface area contributed by atoms with Gasteiger partial charge in [0.1, 0.15) is 12.1 Å². The van der Waals surface area contributed by atoms with Gasteiger partial charge in [-0.15, -0.1) is 0 Å². The van der Waals surface area contributed by atoms with Crippen molar-refractivity contribution in [3.05, 3.63) is 54.1 Å². The molecule has 82 valence electrons. The molecule has 0 amide bonds. The highest BCUT2D eigenvalue weighted by Gasteiger charge is 2.16. The summed E-state index contributed by atoms with van der Waals surface area (Å²) in [7, 11) is 1.76. The number of hydrogen-bond acceptors (Lipinski definition) is 4. The lowest BCUT2D eigenvalue weighted by Gasteiger charge is -2.15. The molecule has 0 aliphatic heterocycles. The van der Waals surface area contributed by atoms with Crippen molar-refractivity contribution in [2.75, 3.05) is 7.05 Å². The molecule has 4 nitrogen and oxygen atoms in total. The summed E-state index contributed by atoms with van der Waals surface area (Å²) >= 11 is 0. The van der Waals surface area contributed by atoms with E-state index in [1.54, 1.807) is 31.6 Å². The fourth-order valence-electron chi connectivity index (χ4n) is 1.55. The van der Waals surface area contributed by atoms with Crippen LogP contribution in [0.3, 0.4) is 0 Å². The highest BCUT2D eigenvalue weighted by Crippen LogP contribution is 2.21. The van der Waals surface area contributed by atoms with Crippen molar-refractivity contribution >= 4 is 0 Å². The third kappa shape index (κ3) is 2.04. The first-order chi connectivity index (χ1) is 7.83. The zero-order valence-corrected chi connectivity index (χ0v) is 8.76. The number of nitrogens with zero attached hydrogens (tertiary/aromatic N) is 3. The molecule has 2 heterocycles. The average Bonchev–Trinajstić information content (AvgIpc) is 2.34. The molecular formula is C11H11FN4. The van der Waals surface area contributed by atoms with Crippen LogP contribution in [0.2, 0.25) is 0 Å². The minimum Gasteiger partial charge on any atom is -0.308 e. The second-order valence-corrected chi connectivity index (χ2v) is 3.25. The molecule has 0 bridgehead atoms. The van der Waals surface area contributed by atoms with E-state index in [-0.39, 0.29) is 11.9 Å². The quantitative estimate of drug-likeness (QED) is 0.844. The van der Waals surface area contributed by atoms with Crippen LogP contribution < -0.4 is 5.32 Å². The summed E-state index contributed by atoms with van der Waals surface area (Å²) in [4.78, 5) is 11.7. The van der Waals surface area contributed by atoms with E-state index in [4.69, 9.17) is 0 Å². The Kier molecular flexibility index (Phi) is 3.16. The number of aromatic nitrogens is 3. The van der Waals surface area contributed by atoms with E-state index >= 15 is 0 Å². The van der Waals surface area contributed by atoms with E-state index in [0.29, 0.717) is 5.56 Å². The minimum absolute atomic E-state index is 0.286. The van der Waals surface area contributed by atoms with Crippen molar-refractivity contribution in [3.63, 3.8) is 0 Å². The van der Waals surface area contributed by atoms with Gasteiger partial charge in [-0.3, -0.25) is 4.98 Å². The Balaban J connectivity index is 2.41. The molecule has 0 aliphatic rings. The van der Waals surface area contributed by atoms with Gasteiger partial charge in [0.25, 0.3) is 0 Å². The first-order valence-corrected chi connectivity index (χ1v) is 4.85. The lowest BCUT2D eigenvalue weighted by atomic mass is 10.0. The van der Waals surface area contributed by atoms with E-state index in [2.05, 4.69) is 20.3 Å². The predicted octanol–water partition coefficient (Wildman–Crippen LogP) is 1.32. The third-order valence-electron chi connectivity index (χ3n) is 2.30. The van der Waals surface area contributed by atoms with Crippen LogP contribution in [0.4, 0.5) is 4.39 Å². The van der Waals surface area contributed by atoms with E-state index in [0.717, 1.165) is 5.69 Å². The van der Waals surface area contributed by atoms with Gasteiger partial charge in [0, 0.05) is 18.0 Å². The van der Waals surface area contributed by atoms with Crippen LogP contribution in [-0.4, -0.2) is 22.0 Å². The monoisotopic (exact) mass is 218 g/mol. The van der Waals surface area contributed by atoms with Gasteiger partial charge < -0.3 is 5.32 Å². The maximum absolute atomic E-state index is 13.6. The Bertz CT molecular complexity index is 461. The maximum atomic E-state index is 13.6. The van der Waals surface area contributed by atoms with Crippen LogP contribution in [0.15, 0.2) is 37.1 Å². The molecule has 1 atom stereocenters. The number of halogens is 1. The molecule has 1 unspecified atom stereocenters. The van der Waals surface area contributed by atoms with Gasteiger partial charge in [0.15, 0.2) is 0 Å². The lowest BCUT2D eigenvalue weighted by molar-refractivity contribution is 0.565. The number of nitrogens with one attached hydrogen (secondary N) is 1. The summed E-state index contributed by atoms with van der Waals surface area (Å²) in [6, 6.07) is 3.10. The van der Waals surface area contributed by atoms with Gasteiger partial charge >= 0.3 is 0 Å². The van der Waals surface area contributed by atoms with Crippen molar-refractivity contribution in [1.82, 2.24) is 20.3 Å². The Morgan fingerprint density at radius 1 is 1.25 bits per heavy atom.